The van der Waals surface area contributed by atoms with Crippen LogP contribution in [0.2, 0.25) is 0 Å². The second kappa shape index (κ2) is 4.35. The molecule has 0 radical (unpaired) electrons. The maximum Gasteiger partial charge on any atom is 0.194 e. The Morgan fingerprint density at radius 2 is 2.27 bits per heavy atom. The SMILES string of the molecule is Cn1c(CCc2ccccn2)n[nH]c1=S. The smallest absolute Gasteiger partial charge is 0.194 e. The Balaban J connectivity index is 2.06. The first-order chi connectivity index (χ1) is 7.27. The summed E-state index contributed by atoms with van der Waals surface area (Å²) in [6.45, 7) is 0. The van der Waals surface area contributed by atoms with Gasteiger partial charge in [-0.2, -0.15) is 5.10 Å². The van der Waals surface area contributed by atoms with Crippen molar-refractivity contribution in [3.63, 3.8) is 0 Å². The van der Waals surface area contributed by atoms with Gasteiger partial charge in [0.15, 0.2) is 4.77 Å². The van der Waals surface area contributed by atoms with Crippen molar-refractivity contribution in [2.24, 2.45) is 7.05 Å². The van der Waals surface area contributed by atoms with Gasteiger partial charge >= 0.3 is 0 Å². The van der Waals surface area contributed by atoms with Crippen LogP contribution in [0.4, 0.5) is 0 Å². The van der Waals surface area contributed by atoms with E-state index < -0.39 is 0 Å². The topological polar surface area (TPSA) is 46.5 Å². The second-order valence-corrected chi connectivity index (χ2v) is 3.71. The lowest BCUT2D eigenvalue weighted by Gasteiger charge is -1.99. The van der Waals surface area contributed by atoms with Gasteiger partial charge in [-0.1, -0.05) is 6.07 Å². The molecule has 0 aliphatic heterocycles. The van der Waals surface area contributed by atoms with Crippen molar-refractivity contribution in [3.05, 3.63) is 40.7 Å². The number of hydrogen-bond donors (Lipinski definition) is 1. The first kappa shape index (κ1) is 10.0. The van der Waals surface area contributed by atoms with E-state index >= 15 is 0 Å². The van der Waals surface area contributed by atoms with Crippen molar-refractivity contribution in [1.82, 2.24) is 19.7 Å². The Labute approximate surface area is 93.0 Å². The average molecular weight is 220 g/mol. The van der Waals surface area contributed by atoms with Crippen molar-refractivity contribution in [1.29, 1.82) is 0 Å². The lowest BCUT2D eigenvalue weighted by atomic mass is 10.2. The zero-order valence-electron chi connectivity index (χ0n) is 8.47. The summed E-state index contributed by atoms with van der Waals surface area (Å²) >= 11 is 5.03. The Hall–Kier alpha value is -1.49. The highest BCUT2D eigenvalue weighted by Gasteiger charge is 2.02. The van der Waals surface area contributed by atoms with Crippen molar-refractivity contribution in [3.8, 4) is 0 Å². The highest BCUT2D eigenvalue weighted by atomic mass is 32.1. The lowest BCUT2D eigenvalue weighted by molar-refractivity contribution is 0.756. The minimum Gasteiger partial charge on any atom is -0.307 e. The quantitative estimate of drug-likeness (QED) is 0.800. The Morgan fingerprint density at radius 3 is 2.87 bits per heavy atom. The van der Waals surface area contributed by atoms with Gasteiger partial charge in [0.25, 0.3) is 0 Å². The summed E-state index contributed by atoms with van der Waals surface area (Å²) < 4.78 is 2.55. The predicted octanol–water partition coefficient (Wildman–Crippen LogP) is 1.66. The molecule has 5 heteroatoms. The molecule has 0 fully saturated rings. The van der Waals surface area contributed by atoms with E-state index in [-0.39, 0.29) is 0 Å². The number of nitrogens with zero attached hydrogens (tertiary/aromatic N) is 3. The highest BCUT2D eigenvalue weighted by molar-refractivity contribution is 7.71. The molecule has 0 aromatic carbocycles. The van der Waals surface area contributed by atoms with Crippen LogP contribution in [0.1, 0.15) is 11.5 Å². The Bertz CT molecular complexity index is 486. The molecule has 2 aromatic rings. The molecular weight excluding hydrogens is 208 g/mol. The minimum absolute atomic E-state index is 0.658. The van der Waals surface area contributed by atoms with Crippen molar-refractivity contribution >= 4 is 12.2 Å². The molecule has 0 atom stereocenters. The van der Waals surface area contributed by atoms with E-state index in [2.05, 4.69) is 15.2 Å². The number of rotatable bonds is 3. The fourth-order valence-corrected chi connectivity index (χ4v) is 1.54. The van der Waals surface area contributed by atoms with Crippen LogP contribution in [0.25, 0.3) is 0 Å². The number of aryl methyl sites for hydroxylation is 2. The number of H-pyrrole nitrogens is 1. The summed E-state index contributed by atoms with van der Waals surface area (Å²) in [6, 6.07) is 5.92. The van der Waals surface area contributed by atoms with Gasteiger partial charge in [-0.25, -0.2) is 0 Å². The fraction of sp³-hybridized carbons (Fsp3) is 0.300. The molecule has 2 rings (SSSR count). The van der Waals surface area contributed by atoms with Crippen LogP contribution in [-0.2, 0) is 19.9 Å². The third kappa shape index (κ3) is 2.30. The van der Waals surface area contributed by atoms with Gasteiger partial charge in [-0.05, 0) is 30.8 Å². The zero-order valence-corrected chi connectivity index (χ0v) is 9.29. The van der Waals surface area contributed by atoms with E-state index in [4.69, 9.17) is 12.2 Å². The number of nitrogens with one attached hydrogen (secondary N) is 1. The Morgan fingerprint density at radius 1 is 1.40 bits per heavy atom. The van der Waals surface area contributed by atoms with E-state index in [0.29, 0.717) is 4.77 Å². The Kier molecular flexibility index (Phi) is 2.91. The average Bonchev–Trinajstić information content (AvgIpc) is 2.59. The molecule has 78 valence electrons. The monoisotopic (exact) mass is 220 g/mol. The molecule has 0 saturated heterocycles. The molecule has 0 amide bonds. The van der Waals surface area contributed by atoms with Gasteiger partial charge in [0.1, 0.15) is 5.82 Å². The van der Waals surface area contributed by atoms with Crippen LogP contribution in [0.3, 0.4) is 0 Å². The van der Waals surface area contributed by atoms with Gasteiger partial charge < -0.3 is 4.57 Å². The number of aromatic nitrogens is 4. The maximum absolute atomic E-state index is 5.03. The molecule has 15 heavy (non-hydrogen) atoms. The normalized spacial score (nSPS) is 10.5. The second-order valence-electron chi connectivity index (χ2n) is 3.33. The van der Waals surface area contributed by atoms with Crippen LogP contribution < -0.4 is 0 Å². The van der Waals surface area contributed by atoms with Crippen LogP contribution in [0.5, 0.6) is 0 Å². The largest absolute Gasteiger partial charge is 0.307 e. The van der Waals surface area contributed by atoms with Crippen LogP contribution in [0.15, 0.2) is 24.4 Å². The summed E-state index contributed by atoms with van der Waals surface area (Å²) in [5.74, 6) is 0.964. The van der Waals surface area contributed by atoms with Gasteiger partial charge in [0.05, 0.1) is 0 Å². The van der Waals surface area contributed by atoms with Crippen molar-refractivity contribution < 1.29 is 0 Å². The fourth-order valence-electron chi connectivity index (χ4n) is 1.39. The van der Waals surface area contributed by atoms with Crippen molar-refractivity contribution in [2.45, 2.75) is 12.8 Å². The lowest BCUT2D eigenvalue weighted by Crippen LogP contribution is -2.01. The third-order valence-electron chi connectivity index (χ3n) is 2.30. The molecule has 0 bridgehead atoms. The maximum atomic E-state index is 5.03. The summed E-state index contributed by atoms with van der Waals surface area (Å²) in [7, 11) is 1.92. The van der Waals surface area contributed by atoms with Gasteiger partial charge in [-0.3, -0.25) is 10.1 Å². The van der Waals surface area contributed by atoms with E-state index in [1.807, 2.05) is 29.8 Å². The number of aromatic amines is 1. The molecular formula is C10H12N4S. The van der Waals surface area contributed by atoms with E-state index in [0.717, 1.165) is 24.4 Å². The first-order valence-electron chi connectivity index (χ1n) is 4.77. The molecule has 2 heterocycles. The summed E-state index contributed by atoms with van der Waals surface area (Å²) in [6.07, 6.45) is 3.54. The van der Waals surface area contributed by atoms with E-state index in [1.165, 1.54) is 0 Å². The molecule has 0 aliphatic rings. The summed E-state index contributed by atoms with van der Waals surface area (Å²) in [5.41, 5.74) is 1.08. The molecule has 0 spiro atoms. The van der Waals surface area contributed by atoms with E-state index in [9.17, 15) is 0 Å². The first-order valence-corrected chi connectivity index (χ1v) is 5.18. The summed E-state index contributed by atoms with van der Waals surface area (Å²) in [4.78, 5) is 4.26. The van der Waals surface area contributed by atoms with Gasteiger partial charge in [0, 0.05) is 25.4 Å². The van der Waals surface area contributed by atoms with Gasteiger partial charge in [0.2, 0.25) is 0 Å². The van der Waals surface area contributed by atoms with Crippen LogP contribution in [0, 0.1) is 4.77 Å². The molecule has 4 nitrogen and oxygen atoms in total. The predicted molar refractivity (Wildman–Crippen MR) is 60.0 cm³/mol. The zero-order chi connectivity index (χ0) is 10.7. The minimum atomic E-state index is 0.658. The van der Waals surface area contributed by atoms with Crippen LogP contribution >= 0.6 is 12.2 Å². The molecule has 2 aromatic heterocycles. The number of hydrogen-bond acceptors (Lipinski definition) is 3. The standard InChI is InChI=1S/C10H12N4S/c1-14-9(12-13-10(14)15)6-5-8-4-2-3-7-11-8/h2-4,7H,5-6H2,1H3,(H,13,15). The van der Waals surface area contributed by atoms with Crippen LogP contribution in [-0.4, -0.2) is 19.7 Å². The summed E-state index contributed by atoms with van der Waals surface area (Å²) in [5, 5.41) is 6.92. The molecule has 0 aliphatic carbocycles. The third-order valence-corrected chi connectivity index (χ3v) is 2.67. The van der Waals surface area contributed by atoms with Gasteiger partial charge in [-0.15, -0.1) is 0 Å². The molecule has 0 saturated carbocycles. The highest BCUT2D eigenvalue weighted by Crippen LogP contribution is 2.02. The van der Waals surface area contributed by atoms with Crippen molar-refractivity contribution in [2.75, 3.05) is 0 Å². The van der Waals surface area contributed by atoms with E-state index in [1.54, 1.807) is 6.20 Å². The number of pyridine rings is 1. The molecule has 1 N–H and O–H groups in total. The molecule has 0 unspecified atom stereocenters.